The summed E-state index contributed by atoms with van der Waals surface area (Å²) in [6.07, 6.45) is 4.87. The molecule has 0 aliphatic carbocycles. The van der Waals surface area contributed by atoms with Crippen LogP contribution in [0.2, 0.25) is 0 Å². The van der Waals surface area contributed by atoms with E-state index < -0.39 is 0 Å². The van der Waals surface area contributed by atoms with Crippen molar-refractivity contribution in [2.75, 3.05) is 27.3 Å². The molecule has 1 rings (SSSR count). The lowest BCUT2D eigenvalue weighted by molar-refractivity contribution is 0.353. The minimum Gasteiger partial charge on any atom is -0.493 e. The Morgan fingerprint density at radius 1 is 1.12 bits per heavy atom. The van der Waals surface area contributed by atoms with Crippen molar-refractivity contribution in [2.24, 2.45) is 10.7 Å². The molecule has 0 atom stereocenters. The van der Waals surface area contributed by atoms with Crippen LogP contribution in [0.25, 0.3) is 0 Å². The first kappa shape index (κ1) is 23.8. The van der Waals surface area contributed by atoms with Gasteiger partial charge in [0.1, 0.15) is 0 Å². The highest BCUT2D eigenvalue weighted by atomic mass is 127. The molecule has 0 spiro atoms. The molecule has 0 aromatic heterocycles. The van der Waals surface area contributed by atoms with Crippen LogP contribution >= 0.6 is 24.0 Å². The highest BCUT2D eigenvalue weighted by molar-refractivity contribution is 14.0. The van der Waals surface area contributed by atoms with E-state index in [2.05, 4.69) is 31.1 Å². The lowest BCUT2D eigenvalue weighted by Gasteiger charge is -2.24. The number of aliphatic imine (C=N–C) groups is 1. The average molecular weight is 463 g/mol. The van der Waals surface area contributed by atoms with Gasteiger partial charge in [-0.1, -0.05) is 46.1 Å². The molecular formula is C19H34IN3O2. The van der Waals surface area contributed by atoms with E-state index in [1.54, 1.807) is 14.2 Å². The molecule has 0 bridgehead atoms. The Hall–Kier alpha value is -1.18. The summed E-state index contributed by atoms with van der Waals surface area (Å²) < 4.78 is 10.7. The Labute approximate surface area is 169 Å². The third-order valence-electron chi connectivity index (χ3n) is 4.15. The quantitative estimate of drug-likeness (QED) is 0.238. The van der Waals surface area contributed by atoms with Crippen molar-refractivity contribution in [3.05, 3.63) is 23.8 Å². The molecule has 0 saturated carbocycles. The van der Waals surface area contributed by atoms with Crippen LogP contribution in [0.15, 0.2) is 23.2 Å². The first-order valence-electron chi connectivity index (χ1n) is 8.71. The molecule has 6 heteroatoms. The summed E-state index contributed by atoms with van der Waals surface area (Å²) in [5.74, 6) is 1.97. The van der Waals surface area contributed by atoms with Crippen molar-refractivity contribution < 1.29 is 9.47 Å². The smallest absolute Gasteiger partial charge is 0.188 e. The van der Waals surface area contributed by atoms with Gasteiger partial charge in [-0.25, -0.2) is 0 Å². The number of hydrogen-bond acceptors (Lipinski definition) is 3. The van der Waals surface area contributed by atoms with Crippen LogP contribution in [0.5, 0.6) is 11.5 Å². The third kappa shape index (κ3) is 8.16. The maximum absolute atomic E-state index is 5.97. The van der Waals surface area contributed by atoms with E-state index in [9.17, 15) is 0 Å². The lowest BCUT2D eigenvalue weighted by Crippen LogP contribution is -2.34. The fourth-order valence-electron chi connectivity index (χ4n) is 2.46. The highest BCUT2D eigenvalue weighted by Crippen LogP contribution is 2.33. The molecule has 0 heterocycles. The first-order valence-corrected chi connectivity index (χ1v) is 8.71. The molecule has 0 aliphatic heterocycles. The topological polar surface area (TPSA) is 68.9 Å². The maximum atomic E-state index is 5.97. The Morgan fingerprint density at radius 3 is 2.40 bits per heavy atom. The van der Waals surface area contributed by atoms with E-state index in [-0.39, 0.29) is 29.4 Å². The number of rotatable bonds is 10. The van der Waals surface area contributed by atoms with Crippen LogP contribution in [-0.4, -0.2) is 33.3 Å². The zero-order valence-electron chi connectivity index (χ0n) is 16.2. The van der Waals surface area contributed by atoms with E-state index in [1.807, 2.05) is 18.2 Å². The fourth-order valence-corrected chi connectivity index (χ4v) is 2.46. The SMILES string of the molecule is CCCCCCNC(N)=NCC(C)(C)c1ccc(OC)c(OC)c1.I. The van der Waals surface area contributed by atoms with Crippen LogP contribution in [0.3, 0.4) is 0 Å². The van der Waals surface area contributed by atoms with E-state index in [1.165, 1.54) is 19.3 Å². The third-order valence-corrected chi connectivity index (χ3v) is 4.15. The molecule has 0 unspecified atom stereocenters. The summed E-state index contributed by atoms with van der Waals surface area (Å²) in [6.45, 7) is 7.99. The Bertz CT molecular complexity index is 533. The molecule has 5 nitrogen and oxygen atoms in total. The number of nitrogens with one attached hydrogen (secondary N) is 1. The molecule has 1 aromatic rings. The summed E-state index contributed by atoms with van der Waals surface area (Å²) in [7, 11) is 3.28. The number of halogens is 1. The Morgan fingerprint density at radius 2 is 1.80 bits per heavy atom. The van der Waals surface area contributed by atoms with Gasteiger partial charge in [0.25, 0.3) is 0 Å². The first-order chi connectivity index (χ1) is 11.4. The molecule has 0 aliphatic rings. The summed E-state index contributed by atoms with van der Waals surface area (Å²) in [5, 5.41) is 3.19. The van der Waals surface area contributed by atoms with E-state index >= 15 is 0 Å². The standard InChI is InChI=1S/C19H33N3O2.HI/c1-6-7-8-9-12-21-18(20)22-14-19(2,3)15-10-11-16(23-4)17(13-15)24-5;/h10-11,13H,6-9,12,14H2,1-5H3,(H3,20,21,22);1H. The lowest BCUT2D eigenvalue weighted by atomic mass is 9.84. The van der Waals surface area contributed by atoms with Gasteiger partial charge >= 0.3 is 0 Å². The predicted octanol–water partition coefficient (Wildman–Crippen LogP) is 4.08. The summed E-state index contributed by atoms with van der Waals surface area (Å²) >= 11 is 0. The number of guanidine groups is 1. The van der Waals surface area contributed by atoms with E-state index in [4.69, 9.17) is 15.2 Å². The number of nitrogens with two attached hydrogens (primary N) is 1. The van der Waals surface area contributed by atoms with Gasteiger partial charge < -0.3 is 20.5 Å². The van der Waals surface area contributed by atoms with Gasteiger partial charge in [-0.3, -0.25) is 4.99 Å². The monoisotopic (exact) mass is 463 g/mol. The fraction of sp³-hybridized carbons (Fsp3) is 0.632. The van der Waals surface area contributed by atoms with Crippen molar-refractivity contribution in [3.63, 3.8) is 0 Å². The number of unbranched alkanes of at least 4 members (excludes halogenated alkanes) is 3. The minimum absolute atomic E-state index is 0. The minimum atomic E-state index is -0.145. The van der Waals surface area contributed by atoms with Crippen LogP contribution < -0.4 is 20.5 Å². The predicted molar refractivity (Wildman–Crippen MR) is 117 cm³/mol. The number of methoxy groups -OCH3 is 2. The number of hydrogen-bond donors (Lipinski definition) is 2. The second kappa shape index (κ2) is 12.2. The Balaban J connectivity index is 0.00000576. The van der Waals surface area contributed by atoms with Crippen LogP contribution in [0.1, 0.15) is 52.0 Å². The van der Waals surface area contributed by atoms with Gasteiger partial charge in [0.15, 0.2) is 17.5 Å². The van der Waals surface area contributed by atoms with Crippen molar-refractivity contribution >= 4 is 29.9 Å². The van der Waals surface area contributed by atoms with E-state index in [0.29, 0.717) is 12.5 Å². The zero-order valence-corrected chi connectivity index (χ0v) is 18.6. The second-order valence-corrected chi connectivity index (χ2v) is 6.64. The summed E-state index contributed by atoms with van der Waals surface area (Å²) in [6, 6.07) is 5.98. The molecule has 0 saturated heterocycles. The van der Waals surface area contributed by atoms with Crippen LogP contribution in [-0.2, 0) is 5.41 Å². The normalized spacial score (nSPS) is 11.6. The van der Waals surface area contributed by atoms with Gasteiger partial charge in [0.2, 0.25) is 0 Å². The van der Waals surface area contributed by atoms with E-state index in [0.717, 1.165) is 30.0 Å². The summed E-state index contributed by atoms with van der Waals surface area (Å²) in [5.41, 5.74) is 6.96. The van der Waals surface area contributed by atoms with Crippen molar-refractivity contribution in [1.82, 2.24) is 5.32 Å². The van der Waals surface area contributed by atoms with Crippen LogP contribution in [0, 0.1) is 0 Å². The van der Waals surface area contributed by atoms with Gasteiger partial charge in [-0.15, -0.1) is 24.0 Å². The summed E-state index contributed by atoms with van der Waals surface area (Å²) in [4.78, 5) is 4.50. The molecule has 144 valence electrons. The molecule has 0 radical (unpaired) electrons. The molecule has 1 aromatic carbocycles. The highest BCUT2D eigenvalue weighted by Gasteiger charge is 2.22. The second-order valence-electron chi connectivity index (χ2n) is 6.64. The number of ether oxygens (including phenoxy) is 2. The number of nitrogens with zero attached hydrogens (tertiary/aromatic N) is 1. The molecular weight excluding hydrogens is 429 g/mol. The molecule has 25 heavy (non-hydrogen) atoms. The van der Waals surface area contributed by atoms with Crippen molar-refractivity contribution in [1.29, 1.82) is 0 Å². The average Bonchev–Trinajstić information content (AvgIpc) is 2.59. The van der Waals surface area contributed by atoms with Gasteiger partial charge in [-0.05, 0) is 24.1 Å². The van der Waals surface area contributed by atoms with Gasteiger partial charge in [-0.2, -0.15) is 0 Å². The maximum Gasteiger partial charge on any atom is 0.188 e. The van der Waals surface area contributed by atoms with Crippen LogP contribution in [0.4, 0.5) is 0 Å². The van der Waals surface area contributed by atoms with Crippen molar-refractivity contribution in [3.8, 4) is 11.5 Å². The van der Waals surface area contributed by atoms with Gasteiger partial charge in [0.05, 0.1) is 20.8 Å². The molecule has 3 N–H and O–H groups in total. The largest absolute Gasteiger partial charge is 0.493 e. The molecule has 0 fully saturated rings. The van der Waals surface area contributed by atoms with Crippen molar-refractivity contribution in [2.45, 2.75) is 51.9 Å². The van der Waals surface area contributed by atoms with Gasteiger partial charge in [0, 0.05) is 12.0 Å². The Kier molecular flexibility index (Phi) is 11.6. The molecule has 0 amide bonds. The number of benzene rings is 1. The zero-order chi connectivity index (χ0) is 18.0.